The summed E-state index contributed by atoms with van der Waals surface area (Å²) in [7, 11) is 2.01. The van der Waals surface area contributed by atoms with Crippen molar-refractivity contribution in [1.29, 1.82) is 0 Å². The van der Waals surface area contributed by atoms with Crippen molar-refractivity contribution in [2.45, 2.75) is 33.6 Å². The van der Waals surface area contributed by atoms with Crippen LogP contribution in [0.3, 0.4) is 0 Å². The molecule has 1 saturated heterocycles. The number of aliphatic carboxylic acids is 1. The van der Waals surface area contributed by atoms with Crippen LogP contribution >= 0.6 is 0 Å². The van der Waals surface area contributed by atoms with Crippen LogP contribution in [0.2, 0.25) is 0 Å². The number of carbonyl (C=O) groups is 2. The topological polar surface area (TPSA) is 72.9 Å². The third-order valence-corrected chi connectivity index (χ3v) is 4.59. The van der Waals surface area contributed by atoms with Gasteiger partial charge in [-0.2, -0.15) is 0 Å². The summed E-state index contributed by atoms with van der Waals surface area (Å²) in [4.78, 5) is 27.4. The number of nitrogens with zero attached hydrogens (tertiary/aromatic N) is 2. The van der Waals surface area contributed by atoms with Crippen molar-refractivity contribution in [1.82, 2.24) is 15.1 Å². The Balaban J connectivity index is 2.48. The minimum absolute atomic E-state index is 0.00724. The Morgan fingerprint density at radius 1 is 1.43 bits per heavy atom. The number of urea groups is 1. The zero-order valence-corrected chi connectivity index (χ0v) is 13.7. The number of nitrogens with one attached hydrogen (secondary N) is 1. The van der Waals surface area contributed by atoms with Crippen LogP contribution in [0.25, 0.3) is 0 Å². The number of carboxylic acids is 1. The molecule has 1 heterocycles. The fourth-order valence-corrected chi connectivity index (χ4v) is 2.55. The highest BCUT2D eigenvalue weighted by Gasteiger charge is 2.39. The minimum atomic E-state index is -0.792. The molecule has 1 atom stereocenters. The molecule has 0 bridgehead atoms. The standard InChI is InChI=1S/C15H29N3O3/c1-5-17(4)10-8-16-14(21)18-9-6-7-12(11-18)15(2,3)13(19)20/h12H,5-11H2,1-4H3,(H,16,21)(H,19,20). The monoisotopic (exact) mass is 299 g/mol. The maximum absolute atomic E-state index is 12.2. The molecule has 2 amide bonds. The van der Waals surface area contributed by atoms with E-state index in [1.165, 1.54) is 0 Å². The van der Waals surface area contributed by atoms with Gasteiger partial charge in [-0.25, -0.2) is 4.79 Å². The van der Waals surface area contributed by atoms with Crippen molar-refractivity contribution in [2.24, 2.45) is 11.3 Å². The quantitative estimate of drug-likeness (QED) is 0.779. The van der Waals surface area contributed by atoms with Crippen LogP contribution in [0.4, 0.5) is 4.79 Å². The number of hydrogen-bond donors (Lipinski definition) is 2. The summed E-state index contributed by atoms with van der Waals surface area (Å²) < 4.78 is 0. The molecule has 0 aromatic heterocycles. The number of likely N-dealkylation sites (tertiary alicyclic amines) is 1. The van der Waals surface area contributed by atoms with Crippen molar-refractivity contribution < 1.29 is 14.7 Å². The molecular weight excluding hydrogens is 270 g/mol. The van der Waals surface area contributed by atoms with E-state index < -0.39 is 11.4 Å². The Morgan fingerprint density at radius 3 is 2.67 bits per heavy atom. The second-order valence-corrected chi connectivity index (χ2v) is 6.44. The normalized spacial score (nSPS) is 19.7. The highest BCUT2D eigenvalue weighted by molar-refractivity contribution is 5.76. The first-order chi connectivity index (χ1) is 9.78. The van der Waals surface area contributed by atoms with E-state index in [1.807, 2.05) is 7.05 Å². The van der Waals surface area contributed by atoms with E-state index in [9.17, 15) is 14.7 Å². The van der Waals surface area contributed by atoms with Crippen LogP contribution in [-0.4, -0.2) is 66.7 Å². The molecule has 6 heteroatoms. The van der Waals surface area contributed by atoms with E-state index in [4.69, 9.17) is 0 Å². The SMILES string of the molecule is CCN(C)CCNC(=O)N1CCCC(C(C)(C)C(=O)O)C1. The number of carboxylic acid groups (broad SMARTS) is 1. The summed E-state index contributed by atoms with van der Waals surface area (Å²) in [6, 6.07) is -0.0783. The van der Waals surface area contributed by atoms with Crippen molar-refractivity contribution in [3.63, 3.8) is 0 Å². The molecule has 21 heavy (non-hydrogen) atoms. The van der Waals surface area contributed by atoms with Gasteiger partial charge in [0, 0.05) is 26.2 Å². The summed E-state index contributed by atoms with van der Waals surface area (Å²) in [5, 5.41) is 12.2. The van der Waals surface area contributed by atoms with Gasteiger partial charge < -0.3 is 20.2 Å². The Kier molecular flexibility index (Phi) is 6.45. The molecule has 1 aliphatic rings. The number of piperidine rings is 1. The van der Waals surface area contributed by atoms with Crippen LogP contribution in [-0.2, 0) is 4.79 Å². The average Bonchev–Trinajstić information content (AvgIpc) is 2.46. The van der Waals surface area contributed by atoms with Gasteiger partial charge in [0.2, 0.25) is 0 Å². The highest BCUT2D eigenvalue weighted by atomic mass is 16.4. The molecule has 1 aliphatic heterocycles. The summed E-state index contributed by atoms with van der Waals surface area (Å²) in [5.41, 5.74) is -0.790. The number of likely N-dealkylation sites (N-methyl/N-ethyl adjacent to an activating group) is 1. The van der Waals surface area contributed by atoms with Gasteiger partial charge in [-0.3, -0.25) is 4.79 Å². The van der Waals surface area contributed by atoms with Crippen LogP contribution in [0.1, 0.15) is 33.6 Å². The first kappa shape index (κ1) is 17.8. The molecule has 122 valence electrons. The van der Waals surface area contributed by atoms with Crippen molar-refractivity contribution >= 4 is 12.0 Å². The van der Waals surface area contributed by atoms with Gasteiger partial charge in [-0.05, 0) is 46.2 Å². The molecule has 0 aromatic carbocycles. The maximum Gasteiger partial charge on any atom is 0.317 e. The largest absolute Gasteiger partial charge is 0.481 e. The molecule has 0 aromatic rings. The Labute approximate surface area is 127 Å². The molecular formula is C15H29N3O3. The molecule has 2 N–H and O–H groups in total. The van der Waals surface area contributed by atoms with Gasteiger partial charge >= 0.3 is 12.0 Å². The number of carbonyl (C=O) groups excluding carboxylic acids is 1. The first-order valence-electron chi connectivity index (χ1n) is 7.73. The van der Waals surface area contributed by atoms with E-state index in [0.29, 0.717) is 19.6 Å². The fourth-order valence-electron chi connectivity index (χ4n) is 2.55. The molecule has 0 radical (unpaired) electrons. The molecule has 1 fully saturated rings. The summed E-state index contributed by atoms with van der Waals surface area (Å²) in [5.74, 6) is -0.785. The number of rotatable bonds is 6. The van der Waals surface area contributed by atoms with Crippen LogP contribution in [0, 0.1) is 11.3 Å². The molecule has 1 unspecified atom stereocenters. The van der Waals surface area contributed by atoms with Gasteiger partial charge in [0.1, 0.15) is 0 Å². The first-order valence-corrected chi connectivity index (χ1v) is 7.73. The molecule has 1 rings (SSSR count). The lowest BCUT2D eigenvalue weighted by Gasteiger charge is -2.39. The van der Waals surface area contributed by atoms with Gasteiger partial charge in [0.15, 0.2) is 0 Å². The smallest absolute Gasteiger partial charge is 0.317 e. The molecule has 0 saturated carbocycles. The van der Waals surface area contributed by atoms with E-state index in [2.05, 4.69) is 17.1 Å². The Morgan fingerprint density at radius 2 is 2.10 bits per heavy atom. The average molecular weight is 299 g/mol. The minimum Gasteiger partial charge on any atom is -0.481 e. The Hall–Kier alpha value is -1.30. The predicted molar refractivity (Wildman–Crippen MR) is 82.3 cm³/mol. The molecule has 0 aliphatic carbocycles. The molecule has 0 spiro atoms. The lowest BCUT2D eigenvalue weighted by atomic mass is 9.74. The number of amides is 2. The lowest BCUT2D eigenvalue weighted by Crippen LogP contribution is -2.50. The lowest BCUT2D eigenvalue weighted by molar-refractivity contribution is -0.151. The maximum atomic E-state index is 12.2. The van der Waals surface area contributed by atoms with Gasteiger partial charge in [-0.15, -0.1) is 0 Å². The van der Waals surface area contributed by atoms with E-state index in [1.54, 1.807) is 18.7 Å². The van der Waals surface area contributed by atoms with E-state index in [-0.39, 0.29) is 11.9 Å². The van der Waals surface area contributed by atoms with Gasteiger partial charge in [-0.1, -0.05) is 6.92 Å². The fraction of sp³-hybridized carbons (Fsp3) is 0.867. The molecule has 6 nitrogen and oxygen atoms in total. The van der Waals surface area contributed by atoms with Gasteiger partial charge in [0.05, 0.1) is 5.41 Å². The predicted octanol–water partition coefficient (Wildman–Crippen LogP) is 1.47. The van der Waals surface area contributed by atoms with Crippen LogP contribution in [0.5, 0.6) is 0 Å². The van der Waals surface area contributed by atoms with Crippen molar-refractivity contribution in [3.8, 4) is 0 Å². The Bertz CT molecular complexity index is 371. The van der Waals surface area contributed by atoms with Crippen LogP contribution < -0.4 is 5.32 Å². The zero-order valence-electron chi connectivity index (χ0n) is 13.7. The zero-order chi connectivity index (χ0) is 16.0. The summed E-state index contributed by atoms with van der Waals surface area (Å²) in [6.07, 6.45) is 1.73. The van der Waals surface area contributed by atoms with Crippen molar-refractivity contribution in [3.05, 3.63) is 0 Å². The second-order valence-electron chi connectivity index (χ2n) is 6.44. The third kappa shape index (κ3) is 4.88. The van der Waals surface area contributed by atoms with Gasteiger partial charge in [0.25, 0.3) is 0 Å². The summed E-state index contributed by atoms with van der Waals surface area (Å²) in [6.45, 7) is 9.19. The van der Waals surface area contributed by atoms with E-state index >= 15 is 0 Å². The van der Waals surface area contributed by atoms with Crippen molar-refractivity contribution in [2.75, 3.05) is 39.8 Å². The highest BCUT2D eigenvalue weighted by Crippen LogP contribution is 2.34. The summed E-state index contributed by atoms with van der Waals surface area (Å²) >= 11 is 0. The van der Waals surface area contributed by atoms with Crippen LogP contribution in [0.15, 0.2) is 0 Å². The second kappa shape index (κ2) is 7.64. The third-order valence-electron chi connectivity index (χ3n) is 4.59. The number of hydrogen-bond acceptors (Lipinski definition) is 3. The van der Waals surface area contributed by atoms with E-state index in [0.717, 1.165) is 25.9 Å².